The Kier molecular flexibility index (Phi) is 4.63. The molecule has 0 aliphatic heterocycles. The van der Waals surface area contributed by atoms with Crippen molar-refractivity contribution in [3.8, 4) is 23.1 Å². The van der Waals surface area contributed by atoms with E-state index in [0.29, 0.717) is 15.6 Å². The van der Waals surface area contributed by atoms with E-state index in [9.17, 15) is 5.26 Å². The molecule has 0 saturated heterocycles. The van der Waals surface area contributed by atoms with Crippen LogP contribution in [0.5, 0.6) is 5.75 Å². The van der Waals surface area contributed by atoms with E-state index in [2.05, 4.69) is 16.2 Å². The van der Waals surface area contributed by atoms with E-state index in [1.807, 2.05) is 54.7 Å². The minimum atomic E-state index is 0.490. The molecule has 0 bridgehead atoms. The number of nitrogens with zero attached hydrogens (tertiary/aromatic N) is 4. The van der Waals surface area contributed by atoms with Crippen molar-refractivity contribution in [2.24, 2.45) is 0 Å². The highest BCUT2D eigenvalue weighted by atomic mass is 35.5. The Morgan fingerprint density at radius 2 is 1.93 bits per heavy atom. The molecular formula is C20H13ClN4OS. The monoisotopic (exact) mass is 392 g/mol. The van der Waals surface area contributed by atoms with Gasteiger partial charge in [0.25, 0.3) is 0 Å². The SMILES string of the molecule is COc1ccc(/C=C(\C#N)c2nn3cc(-c4ccc(Cl)cc4)nc3s2)cc1. The minimum Gasteiger partial charge on any atom is -0.497 e. The largest absolute Gasteiger partial charge is 0.497 e. The number of methoxy groups -OCH3 is 1. The van der Waals surface area contributed by atoms with Crippen LogP contribution in [0.25, 0.3) is 27.9 Å². The summed E-state index contributed by atoms with van der Waals surface area (Å²) in [7, 11) is 1.62. The highest BCUT2D eigenvalue weighted by Gasteiger charge is 2.13. The fourth-order valence-corrected chi connectivity index (χ4v) is 3.55. The lowest BCUT2D eigenvalue weighted by molar-refractivity contribution is 0.415. The lowest BCUT2D eigenvalue weighted by Gasteiger charge is -1.99. The maximum absolute atomic E-state index is 9.54. The smallest absolute Gasteiger partial charge is 0.213 e. The van der Waals surface area contributed by atoms with Gasteiger partial charge in [-0.05, 0) is 35.9 Å². The van der Waals surface area contributed by atoms with E-state index in [-0.39, 0.29) is 0 Å². The Bertz CT molecular complexity index is 1140. The van der Waals surface area contributed by atoms with Crippen LogP contribution in [0.2, 0.25) is 5.02 Å². The molecule has 0 aliphatic carbocycles. The van der Waals surface area contributed by atoms with Gasteiger partial charge in [0.15, 0.2) is 5.01 Å². The number of ether oxygens (including phenoxy) is 1. The van der Waals surface area contributed by atoms with Gasteiger partial charge < -0.3 is 4.74 Å². The number of allylic oxidation sites excluding steroid dienone is 1. The maximum Gasteiger partial charge on any atom is 0.213 e. The number of fused-ring (bicyclic) bond motifs is 1. The van der Waals surface area contributed by atoms with Crippen molar-refractivity contribution in [3.63, 3.8) is 0 Å². The molecule has 2 aromatic heterocycles. The van der Waals surface area contributed by atoms with Gasteiger partial charge in [0.2, 0.25) is 4.96 Å². The predicted molar refractivity (Wildman–Crippen MR) is 108 cm³/mol. The van der Waals surface area contributed by atoms with Crippen molar-refractivity contribution >= 4 is 39.5 Å². The van der Waals surface area contributed by atoms with Crippen LogP contribution in [0.3, 0.4) is 0 Å². The van der Waals surface area contributed by atoms with Crippen LogP contribution in [0.1, 0.15) is 10.6 Å². The number of imidazole rings is 1. The standard InChI is InChI=1S/C20H13ClN4OS/c1-26-17-8-2-13(3-9-17)10-15(11-22)19-24-25-12-18(23-20(25)27-19)14-4-6-16(21)7-5-14/h2-10,12H,1H3/b15-10+. The van der Waals surface area contributed by atoms with Crippen molar-refractivity contribution in [1.82, 2.24) is 14.6 Å². The molecule has 7 heteroatoms. The van der Waals surface area contributed by atoms with Crippen molar-refractivity contribution < 1.29 is 4.74 Å². The third kappa shape index (κ3) is 3.56. The van der Waals surface area contributed by atoms with E-state index in [0.717, 1.165) is 27.5 Å². The van der Waals surface area contributed by atoms with Crippen molar-refractivity contribution in [2.75, 3.05) is 7.11 Å². The van der Waals surface area contributed by atoms with Gasteiger partial charge >= 0.3 is 0 Å². The van der Waals surface area contributed by atoms with E-state index in [1.165, 1.54) is 11.3 Å². The molecule has 0 radical (unpaired) electrons. The average Bonchev–Trinajstić information content (AvgIpc) is 3.26. The van der Waals surface area contributed by atoms with Gasteiger partial charge in [-0.2, -0.15) is 10.4 Å². The van der Waals surface area contributed by atoms with Crippen LogP contribution >= 0.6 is 22.9 Å². The first-order valence-electron chi connectivity index (χ1n) is 8.04. The first-order chi connectivity index (χ1) is 13.2. The molecule has 0 amide bonds. The molecule has 132 valence electrons. The second kappa shape index (κ2) is 7.23. The average molecular weight is 393 g/mol. The zero-order chi connectivity index (χ0) is 18.8. The quantitative estimate of drug-likeness (QED) is 0.448. The van der Waals surface area contributed by atoms with E-state index < -0.39 is 0 Å². The topological polar surface area (TPSA) is 63.2 Å². The van der Waals surface area contributed by atoms with Crippen LogP contribution in [0.15, 0.2) is 54.7 Å². The lowest BCUT2D eigenvalue weighted by atomic mass is 10.1. The summed E-state index contributed by atoms with van der Waals surface area (Å²) in [5.41, 5.74) is 3.17. The second-order valence-electron chi connectivity index (χ2n) is 5.71. The Hall–Kier alpha value is -3.14. The predicted octanol–water partition coefficient (Wildman–Crippen LogP) is 5.18. The second-order valence-corrected chi connectivity index (χ2v) is 7.10. The number of rotatable bonds is 4. The van der Waals surface area contributed by atoms with E-state index >= 15 is 0 Å². The molecule has 0 fully saturated rings. The number of hydrogen-bond acceptors (Lipinski definition) is 5. The van der Waals surface area contributed by atoms with Gasteiger partial charge in [-0.25, -0.2) is 9.50 Å². The molecule has 27 heavy (non-hydrogen) atoms. The zero-order valence-corrected chi connectivity index (χ0v) is 15.8. The Labute approximate surface area is 164 Å². The molecular weight excluding hydrogens is 380 g/mol. The molecule has 2 heterocycles. The highest BCUT2D eigenvalue weighted by molar-refractivity contribution is 7.17. The van der Waals surface area contributed by atoms with Crippen molar-refractivity contribution in [2.45, 2.75) is 0 Å². The van der Waals surface area contributed by atoms with Gasteiger partial charge in [0, 0.05) is 10.6 Å². The molecule has 0 unspecified atom stereocenters. The number of benzene rings is 2. The van der Waals surface area contributed by atoms with Crippen molar-refractivity contribution in [3.05, 3.63) is 70.3 Å². The van der Waals surface area contributed by atoms with Crippen LogP contribution in [0, 0.1) is 11.3 Å². The molecule has 4 aromatic rings. The Balaban J connectivity index is 1.66. The molecule has 0 saturated carbocycles. The molecule has 0 aliphatic rings. The van der Waals surface area contributed by atoms with Gasteiger partial charge in [-0.15, -0.1) is 0 Å². The first-order valence-corrected chi connectivity index (χ1v) is 9.24. The number of aromatic nitrogens is 3. The lowest BCUT2D eigenvalue weighted by Crippen LogP contribution is -1.86. The third-order valence-corrected chi connectivity index (χ3v) is 5.17. The number of nitriles is 1. The fraction of sp³-hybridized carbons (Fsp3) is 0.0500. The van der Waals surface area contributed by atoms with Gasteiger partial charge in [0.1, 0.15) is 11.8 Å². The molecule has 4 rings (SSSR count). The summed E-state index contributed by atoms with van der Waals surface area (Å²) in [5, 5.41) is 15.4. The third-order valence-electron chi connectivity index (χ3n) is 3.96. The molecule has 0 spiro atoms. The summed E-state index contributed by atoms with van der Waals surface area (Å²) < 4.78 is 6.85. The summed E-state index contributed by atoms with van der Waals surface area (Å²) >= 11 is 7.31. The minimum absolute atomic E-state index is 0.490. The van der Waals surface area contributed by atoms with Crippen LogP contribution in [-0.4, -0.2) is 21.7 Å². The van der Waals surface area contributed by atoms with Crippen LogP contribution in [0.4, 0.5) is 0 Å². The fourth-order valence-electron chi connectivity index (χ4n) is 2.58. The Morgan fingerprint density at radius 1 is 1.19 bits per heavy atom. The summed E-state index contributed by atoms with van der Waals surface area (Å²) in [4.78, 5) is 5.33. The molecule has 5 nitrogen and oxygen atoms in total. The maximum atomic E-state index is 9.54. The van der Waals surface area contributed by atoms with Gasteiger partial charge in [-0.1, -0.05) is 47.2 Å². The molecule has 0 N–H and O–H groups in total. The summed E-state index contributed by atoms with van der Waals surface area (Å²) in [6.07, 6.45) is 3.65. The molecule has 0 atom stereocenters. The van der Waals surface area contributed by atoms with Crippen LogP contribution < -0.4 is 4.74 Å². The summed E-state index contributed by atoms with van der Waals surface area (Å²) in [6.45, 7) is 0. The molecule has 2 aromatic carbocycles. The summed E-state index contributed by atoms with van der Waals surface area (Å²) in [6, 6.07) is 17.2. The van der Waals surface area contributed by atoms with Gasteiger partial charge in [-0.3, -0.25) is 0 Å². The van der Waals surface area contributed by atoms with Crippen molar-refractivity contribution in [1.29, 1.82) is 5.26 Å². The number of halogens is 1. The van der Waals surface area contributed by atoms with E-state index in [4.69, 9.17) is 16.3 Å². The van der Waals surface area contributed by atoms with Crippen LogP contribution in [-0.2, 0) is 0 Å². The zero-order valence-electron chi connectivity index (χ0n) is 14.3. The van der Waals surface area contributed by atoms with Gasteiger partial charge in [0.05, 0.1) is 24.6 Å². The Morgan fingerprint density at radius 3 is 2.56 bits per heavy atom. The normalized spacial score (nSPS) is 11.5. The first kappa shape index (κ1) is 17.3. The van der Waals surface area contributed by atoms with E-state index in [1.54, 1.807) is 17.7 Å². The highest BCUT2D eigenvalue weighted by Crippen LogP contribution is 2.27. The summed E-state index contributed by atoms with van der Waals surface area (Å²) in [5.74, 6) is 0.771. The number of hydrogen-bond donors (Lipinski definition) is 0.